The first-order chi connectivity index (χ1) is 6.26. The minimum atomic E-state index is 0.267. The van der Waals surface area contributed by atoms with Crippen molar-refractivity contribution in [3.05, 3.63) is 18.0 Å². The highest BCUT2D eigenvalue weighted by Gasteiger charge is 2.04. The Hall–Kier alpha value is -0.770. The summed E-state index contributed by atoms with van der Waals surface area (Å²) < 4.78 is 1.84. The topological polar surface area (TPSA) is 34.9 Å². The van der Waals surface area contributed by atoms with Crippen LogP contribution in [-0.4, -0.2) is 27.6 Å². The lowest BCUT2D eigenvalue weighted by Gasteiger charge is -1.94. The molecule has 0 radical (unpaired) electrons. The molecule has 0 saturated heterocycles. The second-order valence-electron chi connectivity index (χ2n) is 2.85. The lowest BCUT2D eigenvalue weighted by atomic mass is 10.2. The van der Waals surface area contributed by atoms with Crippen molar-refractivity contribution in [2.24, 2.45) is 0 Å². The SMILES string of the molecule is CCn1cc(CC(=O)CSC)cn1. The van der Waals surface area contributed by atoms with E-state index in [1.165, 1.54) is 0 Å². The second-order valence-corrected chi connectivity index (χ2v) is 3.72. The van der Waals surface area contributed by atoms with Gasteiger partial charge in [0, 0.05) is 19.2 Å². The van der Waals surface area contributed by atoms with Crippen molar-refractivity contribution in [3.8, 4) is 0 Å². The fraction of sp³-hybridized carbons (Fsp3) is 0.556. The van der Waals surface area contributed by atoms with Crippen molar-refractivity contribution in [1.29, 1.82) is 0 Å². The van der Waals surface area contributed by atoms with Gasteiger partial charge in [0.1, 0.15) is 5.78 Å². The summed E-state index contributed by atoms with van der Waals surface area (Å²) in [5, 5.41) is 4.11. The van der Waals surface area contributed by atoms with E-state index >= 15 is 0 Å². The number of aryl methyl sites for hydroxylation is 1. The molecule has 13 heavy (non-hydrogen) atoms. The Balaban J connectivity index is 2.49. The molecule has 1 rings (SSSR count). The summed E-state index contributed by atoms with van der Waals surface area (Å²) in [5.41, 5.74) is 1.01. The maximum absolute atomic E-state index is 11.3. The van der Waals surface area contributed by atoms with Crippen molar-refractivity contribution in [3.63, 3.8) is 0 Å². The number of thioether (sulfide) groups is 1. The van der Waals surface area contributed by atoms with Crippen molar-refractivity contribution < 1.29 is 4.79 Å². The first-order valence-corrected chi connectivity index (χ1v) is 5.67. The van der Waals surface area contributed by atoms with Crippen LogP contribution in [0.3, 0.4) is 0 Å². The maximum atomic E-state index is 11.3. The summed E-state index contributed by atoms with van der Waals surface area (Å²) in [4.78, 5) is 11.3. The predicted octanol–water partition coefficient (Wildman–Crippen LogP) is 1.38. The van der Waals surface area contributed by atoms with Gasteiger partial charge < -0.3 is 0 Å². The van der Waals surface area contributed by atoms with Crippen LogP contribution >= 0.6 is 11.8 Å². The molecule has 0 bridgehead atoms. The summed E-state index contributed by atoms with van der Waals surface area (Å²) in [6.45, 7) is 2.89. The van der Waals surface area contributed by atoms with Gasteiger partial charge in [0.05, 0.1) is 11.9 Å². The average Bonchev–Trinajstić information content (AvgIpc) is 2.52. The number of nitrogens with zero attached hydrogens (tertiary/aromatic N) is 2. The molecule has 0 N–H and O–H groups in total. The molecule has 72 valence electrons. The molecule has 0 aliphatic heterocycles. The summed E-state index contributed by atoms with van der Waals surface area (Å²) in [6.07, 6.45) is 6.15. The van der Waals surface area contributed by atoms with Gasteiger partial charge >= 0.3 is 0 Å². The number of ketones is 1. The van der Waals surface area contributed by atoms with E-state index in [4.69, 9.17) is 0 Å². The van der Waals surface area contributed by atoms with Crippen molar-refractivity contribution in [1.82, 2.24) is 9.78 Å². The zero-order valence-electron chi connectivity index (χ0n) is 7.99. The van der Waals surface area contributed by atoms with E-state index in [9.17, 15) is 4.79 Å². The van der Waals surface area contributed by atoms with Crippen molar-refractivity contribution in [2.75, 3.05) is 12.0 Å². The minimum absolute atomic E-state index is 0.267. The molecule has 0 aliphatic carbocycles. The van der Waals surface area contributed by atoms with Crippen LogP contribution in [-0.2, 0) is 17.8 Å². The Morgan fingerprint density at radius 2 is 2.46 bits per heavy atom. The third-order valence-electron chi connectivity index (χ3n) is 1.72. The van der Waals surface area contributed by atoms with Gasteiger partial charge in [-0.2, -0.15) is 16.9 Å². The van der Waals surface area contributed by atoms with E-state index in [0.29, 0.717) is 12.2 Å². The summed E-state index contributed by atoms with van der Waals surface area (Å²) >= 11 is 1.56. The molecule has 1 heterocycles. The third-order valence-corrected chi connectivity index (χ3v) is 2.33. The number of rotatable bonds is 5. The monoisotopic (exact) mass is 198 g/mol. The zero-order chi connectivity index (χ0) is 9.68. The molecular formula is C9H14N2OS. The molecule has 0 saturated carbocycles. The molecule has 1 aromatic heterocycles. The minimum Gasteiger partial charge on any atom is -0.298 e. The summed E-state index contributed by atoms with van der Waals surface area (Å²) in [5.74, 6) is 0.861. The van der Waals surface area contributed by atoms with Gasteiger partial charge in [-0.1, -0.05) is 0 Å². The molecule has 0 atom stereocenters. The number of hydrogen-bond acceptors (Lipinski definition) is 3. The van der Waals surface area contributed by atoms with Crippen LogP contribution < -0.4 is 0 Å². The Bertz CT molecular complexity index is 283. The largest absolute Gasteiger partial charge is 0.298 e. The van der Waals surface area contributed by atoms with Gasteiger partial charge in [-0.3, -0.25) is 9.48 Å². The smallest absolute Gasteiger partial charge is 0.147 e. The van der Waals surface area contributed by atoms with Crippen LogP contribution in [0.15, 0.2) is 12.4 Å². The maximum Gasteiger partial charge on any atom is 0.147 e. The average molecular weight is 198 g/mol. The fourth-order valence-electron chi connectivity index (χ4n) is 1.11. The summed E-state index contributed by atoms with van der Waals surface area (Å²) in [6, 6.07) is 0. The number of carbonyl (C=O) groups is 1. The molecule has 4 heteroatoms. The van der Waals surface area contributed by atoms with Crippen LogP contribution in [0.5, 0.6) is 0 Å². The van der Waals surface area contributed by atoms with Gasteiger partial charge in [-0.05, 0) is 18.7 Å². The highest BCUT2D eigenvalue weighted by Crippen LogP contribution is 2.02. The Morgan fingerprint density at radius 1 is 1.69 bits per heavy atom. The molecular weight excluding hydrogens is 184 g/mol. The molecule has 3 nitrogen and oxygen atoms in total. The van der Waals surface area contributed by atoms with E-state index in [2.05, 4.69) is 5.10 Å². The number of carbonyl (C=O) groups excluding carboxylic acids is 1. The normalized spacial score (nSPS) is 10.3. The van der Waals surface area contributed by atoms with Crippen molar-refractivity contribution in [2.45, 2.75) is 19.9 Å². The van der Waals surface area contributed by atoms with Crippen LogP contribution in [0.25, 0.3) is 0 Å². The van der Waals surface area contributed by atoms with Crippen LogP contribution in [0.2, 0.25) is 0 Å². The second kappa shape index (κ2) is 5.07. The Kier molecular flexibility index (Phi) is 4.02. The third kappa shape index (κ3) is 3.22. The quantitative estimate of drug-likeness (QED) is 0.717. The Morgan fingerprint density at radius 3 is 3.00 bits per heavy atom. The zero-order valence-corrected chi connectivity index (χ0v) is 8.80. The first-order valence-electron chi connectivity index (χ1n) is 4.28. The van der Waals surface area contributed by atoms with E-state index < -0.39 is 0 Å². The molecule has 0 aromatic carbocycles. The van der Waals surface area contributed by atoms with Gasteiger partial charge in [0.2, 0.25) is 0 Å². The van der Waals surface area contributed by atoms with Gasteiger partial charge in [-0.25, -0.2) is 0 Å². The predicted molar refractivity (Wildman–Crippen MR) is 55.0 cm³/mol. The van der Waals surface area contributed by atoms with Gasteiger partial charge in [0.15, 0.2) is 0 Å². The van der Waals surface area contributed by atoms with Crippen LogP contribution in [0.4, 0.5) is 0 Å². The molecule has 0 amide bonds. The summed E-state index contributed by atoms with van der Waals surface area (Å²) in [7, 11) is 0. The van der Waals surface area contributed by atoms with E-state index in [-0.39, 0.29) is 5.78 Å². The number of aromatic nitrogens is 2. The lowest BCUT2D eigenvalue weighted by molar-refractivity contribution is -0.115. The highest BCUT2D eigenvalue weighted by molar-refractivity contribution is 7.99. The van der Waals surface area contributed by atoms with Crippen LogP contribution in [0, 0.1) is 0 Å². The first kappa shape index (κ1) is 10.3. The Labute approximate surface area is 82.5 Å². The fourth-order valence-corrected chi connectivity index (χ4v) is 1.53. The van der Waals surface area contributed by atoms with E-state index in [0.717, 1.165) is 12.1 Å². The number of hydrogen-bond donors (Lipinski definition) is 0. The van der Waals surface area contributed by atoms with Crippen LogP contribution in [0.1, 0.15) is 12.5 Å². The molecule has 0 unspecified atom stereocenters. The van der Waals surface area contributed by atoms with E-state index in [1.807, 2.05) is 24.1 Å². The molecule has 0 fully saturated rings. The molecule has 1 aromatic rings. The number of Topliss-reactive ketones (excluding diaryl/α,β-unsaturated/α-hetero) is 1. The lowest BCUT2D eigenvalue weighted by Crippen LogP contribution is -2.04. The van der Waals surface area contributed by atoms with Gasteiger partial charge in [0.25, 0.3) is 0 Å². The highest BCUT2D eigenvalue weighted by atomic mass is 32.2. The van der Waals surface area contributed by atoms with Gasteiger partial charge in [-0.15, -0.1) is 0 Å². The molecule has 0 spiro atoms. The van der Waals surface area contributed by atoms with E-state index in [1.54, 1.807) is 18.0 Å². The van der Waals surface area contributed by atoms with Crippen molar-refractivity contribution >= 4 is 17.5 Å². The standard InChI is InChI=1S/C9H14N2OS/c1-3-11-6-8(5-10-11)4-9(12)7-13-2/h5-6H,3-4,7H2,1-2H3. The molecule has 0 aliphatic rings.